The van der Waals surface area contributed by atoms with Crippen LogP contribution in [0.25, 0.3) is 0 Å². The Morgan fingerprint density at radius 1 is 0.842 bits per heavy atom. The molecule has 2 N–H and O–H groups in total. The molecule has 19 heavy (non-hydrogen) atoms. The number of benzene rings is 2. The highest BCUT2D eigenvalue weighted by molar-refractivity contribution is 9.10. The van der Waals surface area contributed by atoms with E-state index in [1.807, 2.05) is 0 Å². The second-order valence-corrected chi connectivity index (χ2v) is 4.88. The van der Waals surface area contributed by atoms with E-state index in [9.17, 15) is 17.6 Å². The van der Waals surface area contributed by atoms with Crippen molar-refractivity contribution >= 4 is 15.9 Å². The van der Waals surface area contributed by atoms with Gasteiger partial charge in [0, 0.05) is 16.1 Å². The Kier molecular flexibility index (Phi) is 3.91. The van der Waals surface area contributed by atoms with Gasteiger partial charge in [0.2, 0.25) is 0 Å². The fourth-order valence-electron chi connectivity index (χ4n) is 1.71. The minimum atomic E-state index is -1.30. The fraction of sp³-hybridized carbons (Fsp3) is 0.0769. The second kappa shape index (κ2) is 5.30. The van der Waals surface area contributed by atoms with Crippen molar-refractivity contribution < 1.29 is 17.6 Å². The van der Waals surface area contributed by atoms with Gasteiger partial charge in [-0.2, -0.15) is 0 Å². The zero-order valence-electron chi connectivity index (χ0n) is 9.43. The van der Waals surface area contributed by atoms with Crippen LogP contribution in [0.1, 0.15) is 17.2 Å². The highest BCUT2D eigenvalue weighted by atomic mass is 79.9. The predicted octanol–water partition coefficient (Wildman–Crippen LogP) is 4.05. The smallest absolute Gasteiger partial charge is 0.161 e. The van der Waals surface area contributed by atoms with Crippen molar-refractivity contribution in [3.63, 3.8) is 0 Å². The normalized spacial score (nSPS) is 12.5. The van der Waals surface area contributed by atoms with E-state index in [2.05, 4.69) is 15.9 Å². The molecule has 2 rings (SSSR count). The van der Waals surface area contributed by atoms with Crippen molar-refractivity contribution in [2.75, 3.05) is 0 Å². The van der Waals surface area contributed by atoms with Crippen molar-refractivity contribution in [1.29, 1.82) is 0 Å². The van der Waals surface area contributed by atoms with Crippen LogP contribution < -0.4 is 5.73 Å². The van der Waals surface area contributed by atoms with Gasteiger partial charge < -0.3 is 5.73 Å². The molecule has 1 unspecified atom stereocenters. The molecule has 2 aromatic rings. The van der Waals surface area contributed by atoms with Gasteiger partial charge >= 0.3 is 0 Å². The van der Waals surface area contributed by atoms with E-state index in [1.165, 1.54) is 12.1 Å². The molecule has 2 aromatic carbocycles. The third-order valence-electron chi connectivity index (χ3n) is 2.62. The van der Waals surface area contributed by atoms with Crippen LogP contribution in [0.3, 0.4) is 0 Å². The summed E-state index contributed by atoms with van der Waals surface area (Å²) >= 11 is 3.08. The van der Waals surface area contributed by atoms with Crippen LogP contribution >= 0.6 is 15.9 Å². The topological polar surface area (TPSA) is 26.0 Å². The number of hydrogen-bond donors (Lipinski definition) is 1. The average molecular weight is 334 g/mol. The molecule has 0 aromatic heterocycles. The molecule has 0 heterocycles. The Morgan fingerprint density at radius 3 is 2.11 bits per heavy atom. The average Bonchev–Trinajstić information content (AvgIpc) is 2.31. The van der Waals surface area contributed by atoms with E-state index in [0.717, 1.165) is 6.07 Å². The molecule has 0 saturated heterocycles. The summed E-state index contributed by atoms with van der Waals surface area (Å²) in [5.74, 6) is -4.05. The molecule has 0 radical (unpaired) electrons. The van der Waals surface area contributed by atoms with Crippen LogP contribution in [0.5, 0.6) is 0 Å². The Bertz CT molecular complexity index is 610. The summed E-state index contributed by atoms with van der Waals surface area (Å²) in [5.41, 5.74) is 5.76. The summed E-state index contributed by atoms with van der Waals surface area (Å²) in [7, 11) is 0. The first-order valence-electron chi connectivity index (χ1n) is 5.24. The summed E-state index contributed by atoms with van der Waals surface area (Å²) in [6.45, 7) is 0. The van der Waals surface area contributed by atoms with Gasteiger partial charge in [-0.25, -0.2) is 17.6 Å². The lowest BCUT2D eigenvalue weighted by Gasteiger charge is -2.14. The highest BCUT2D eigenvalue weighted by Crippen LogP contribution is 2.27. The standard InChI is InChI=1S/C13H8BrF4N/c14-7-1-6(2-8(15)3-7)13(19)9-4-11(17)12(18)5-10(9)16/h1-5,13H,19H2. The quantitative estimate of drug-likeness (QED) is 0.651. The Labute approximate surface area is 115 Å². The molecule has 0 saturated carbocycles. The van der Waals surface area contributed by atoms with Gasteiger partial charge in [0.15, 0.2) is 11.6 Å². The third-order valence-corrected chi connectivity index (χ3v) is 3.08. The second-order valence-electron chi connectivity index (χ2n) is 3.97. The zero-order chi connectivity index (χ0) is 14.2. The van der Waals surface area contributed by atoms with Crippen LogP contribution in [0, 0.1) is 23.3 Å². The van der Waals surface area contributed by atoms with Crippen LogP contribution in [-0.2, 0) is 0 Å². The van der Waals surface area contributed by atoms with E-state index >= 15 is 0 Å². The summed E-state index contributed by atoms with van der Waals surface area (Å²) in [6, 6.07) is 3.79. The van der Waals surface area contributed by atoms with Gasteiger partial charge in [-0.05, 0) is 29.8 Å². The first-order chi connectivity index (χ1) is 8.88. The van der Waals surface area contributed by atoms with Gasteiger partial charge in [-0.1, -0.05) is 15.9 Å². The highest BCUT2D eigenvalue weighted by Gasteiger charge is 2.18. The first-order valence-corrected chi connectivity index (χ1v) is 6.04. The molecule has 0 bridgehead atoms. The molecular weight excluding hydrogens is 326 g/mol. The molecule has 0 aliphatic carbocycles. The maximum absolute atomic E-state index is 13.6. The largest absolute Gasteiger partial charge is 0.320 e. The number of halogens is 5. The van der Waals surface area contributed by atoms with E-state index in [-0.39, 0.29) is 11.1 Å². The third kappa shape index (κ3) is 2.96. The lowest BCUT2D eigenvalue weighted by atomic mass is 9.99. The Balaban J connectivity index is 2.49. The predicted molar refractivity (Wildman–Crippen MR) is 66.4 cm³/mol. The van der Waals surface area contributed by atoms with Crippen molar-refractivity contribution in [1.82, 2.24) is 0 Å². The van der Waals surface area contributed by atoms with E-state index in [0.29, 0.717) is 16.6 Å². The zero-order valence-corrected chi connectivity index (χ0v) is 11.0. The minimum Gasteiger partial charge on any atom is -0.320 e. The minimum absolute atomic E-state index is 0.239. The summed E-state index contributed by atoms with van der Waals surface area (Å²) < 4.78 is 53.2. The number of rotatable bonds is 2. The van der Waals surface area contributed by atoms with Crippen LogP contribution in [0.4, 0.5) is 17.6 Å². The number of hydrogen-bond acceptors (Lipinski definition) is 1. The molecule has 0 aliphatic heterocycles. The monoisotopic (exact) mass is 333 g/mol. The summed E-state index contributed by atoms with van der Waals surface area (Å²) in [5, 5.41) is 0. The summed E-state index contributed by atoms with van der Waals surface area (Å²) in [4.78, 5) is 0. The molecule has 1 nitrogen and oxygen atoms in total. The van der Waals surface area contributed by atoms with Crippen LogP contribution in [0.2, 0.25) is 0 Å². The van der Waals surface area contributed by atoms with E-state index in [1.54, 1.807) is 0 Å². The van der Waals surface area contributed by atoms with Gasteiger partial charge in [-0.15, -0.1) is 0 Å². The summed E-state index contributed by atoms with van der Waals surface area (Å²) in [6.07, 6.45) is 0. The van der Waals surface area contributed by atoms with E-state index in [4.69, 9.17) is 5.73 Å². The first kappa shape index (κ1) is 14.0. The van der Waals surface area contributed by atoms with Gasteiger partial charge in [0.1, 0.15) is 11.6 Å². The molecular formula is C13H8BrF4N. The van der Waals surface area contributed by atoms with Crippen molar-refractivity contribution in [3.05, 3.63) is 69.2 Å². The lowest BCUT2D eigenvalue weighted by molar-refractivity contribution is 0.487. The Morgan fingerprint density at radius 2 is 1.47 bits per heavy atom. The van der Waals surface area contributed by atoms with Crippen molar-refractivity contribution in [2.45, 2.75) is 6.04 Å². The SMILES string of the molecule is NC(c1cc(F)cc(Br)c1)c1cc(F)c(F)cc1F. The fourth-order valence-corrected chi connectivity index (χ4v) is 2.19. The van der Waals surface area contributed by atoms with Gasteiger partial charge in [0.25, 0.3) is 0 Å². The van der Waals surface area contributed by atoms with Gasteiger partial charge in [0.05, 0.1) is 6.04 Å². The molecule has 0 aliphatic rings. The van der Waals surface area contributed by atoms with Crippen molar-refractivity contribution in [2.24, 2.45) is 5.73 Å². The number of nitrogens with two attached hydrogens (primary N) is 1. The molecule has 0 spiro atoms. The Hall–Kier alpha value is -1.40. The molecule has 100 valence electrons. The molecule has 0 amide bonds. The molecule has 1 atom stereocenters. The lowest BCUT2D eigenvalue weighted by Crippen LogP contribution is -2.15. The maximum atomic E-state index is 13.6. The van der Waals surface area contributed by atoms with Crippen molar-refractivity contribution in [3.8, 4) is 0 Å². The van der Waals surface area contributed by atoms with Crippen LogP contribution in [0.15, 0.2) is 34.8 Å². The van der Waals surface area contributed by atoms with Crippen LogP contribution in [-0.4, -0.2) is 0 Å². The van der Waals surface area contributed by atoms with E-state index < -0.39 is 29.3 Å². The molecule has 0 fully saturated rings. The maximum Gasteiger partial charge on any atom is 0.161 e. The van der Waals surface area contributed by atoms with Gasteiger partial charge in [-0.3, -0.25) is 0 Å². The molecule has 6 heteroatoms.